The van der Waals surface area contributed by atoms with E-state index in [1.807, 2.05) is 0 Å². The minimum Gasteiger partial charge on any atom is -0.388 e. The number of carbonyl (C=O) groups is 1. The highest BCUT2D eigenvalue weighted by molar-refractivity contribution is 7.39. The second kappa shape index (κ2) is 6.33. The summed E-state index contributed by atoms with van der Waals surface area (Å²) in [6.07, 6.45) is -6.23. The predicted octanol–water partition coefficient (Wildman–Crippen LogP) is -3.18. The highest BCUT2D eigenvalue weighted by Crippen LogP contribution is 2.27. The number of aliphatic hydroxyl groups excluding tert-OH is 4. The molecule has 1 unspecified atom stereocenters. The first kappa shape index (κ1) is 13.8. The fraction of sp³-hybridized carbons (Fsp3) is 0.800. The monoisotopic (exact) mass is 230 g/mol. The van der Waals surface area contributed by atoms with Crippen molar-refractivity contribution in [2.75, 3.05) is 6.61 Å². The lowest BCUT2D eigenvalue weighted by Gasteiger charge is -2.21. The van der Waals surface area contributed by atoms with E-state index in [1.54, 1.807) is 0 Å². The topological polar surface area (TPSA) is 148 Å². The Labute approximate surface area is 80.0 Å². The van der Waals surface area contributed by atoms with Gasteiger partial charge < -0.3 is 30.2 Å². The summed E-state index contributed by atoms with van der Waals surface area (Å²) in [7, 11) is -2.92. The zero-order chi connectivity index (χ0) is 11.3. The van der Waals surface area contributed by atoms with Gasteiger partial charge in [-0.15, -0.1) is 0 Å². The molecule has 0 aliphatic heterocycles. The largest absolute Gasteiger partial charge is 0.388 e. The molecule has 0 aromatic carbocycles. The minimum absolute atomic E-state index is 1.02. The van der Waals surface area contributed by atoms with E-state index in [9.17, 15) is 4.79 Å². The Kier molecular flexibility index (Phi) is 6.25. The third-order valence-electron chi connectivity index (χ3n) is 1.30. The first-order chi connectivity index (χ1) is 6.40. The van der Waals surface area contributed by atoms with E-state index in [4.69, 9.17) is 30.2 Å². The Hall–Kier alpha value is -0.180. The fourth-order valence-electron chi connectivity index (χ4n) is 0.599. The maximum absolute atomic E-state index is 10.6. The molecule has 0 bridgehead atoms. The Morgan fingerprint density at radius 3 is 2.14 bits per heavy atom. The number of carbonyl (C=O) groups excluding carboxylic acids is 1. The SMILES string of the molecule is O=C(CO)[C@@H](O)[C@@H](O)C(O)OP(O)O. The van der Waals surface area contributed by atoms with Crippen LogP contribution in [0.25, 0.3) is 0 Å². The van der Waals surface area contributed by atoms with Gasteiger partial charge in [-0.25, -0.2) is 0 Å². The van der Waals surface area contributed by atoms with E-state index in [0.29, 0.717) is 0 Å². The number of Topliss-reactive ketones (excluding diaryl/α,β-unsaturated/α-hetero) is 1. The van der Waals surface area contributed by atoms with Crippen LogP contribution >= 0.6 is 8.60 Å². The van der Waals surface area contributed by atoms with Crippen LogP contribution in [0.2, 0.25) is 0 Å². The molecule has 0 rings (SSSR count). The molecule has 14 heavy (non-hydrogen) atoms. The molecule has 0 spiro atoms. The van der Waals surface area contributed by atoms with Gasteiger partial charge in [0.15, 0.2) is 12.1 Å². The molecule has 8 nitrogen and oxygen atoms in total. The summed E-state index contributed by atoms with van der Waals surface area (Å²) >= 11 is 0. The van der Waals surface area contributed by atoms with Crippen LogP contribution < -0.4 is 0 Å². The number of rotatable bonds is 6. The normalized spacial score (nSPS) is 17.9. The summed E-state index contributed by atoms with van der Waals surface area (Å²) in [5.74, 6) is -1.12. The molecule has 3 atom stereocenters. The Bertz CT molecular complexity index is 185. The van der Waals surface area contributed by atoms with Gasteiger partial charge in [0.25, 0.3) is 0 Å². The zero-order valence-electron chi connectivity index (χ0n) is 6.89. The van der Waals surface area contributed by atoms with Gasteiger partial charge in [-0.1, -0.05) is 0 Å². The summed E-state index contributed by atoms with van der Waals surface area (Å²) in [5.41, 5.74) is 0. The Balaban J connectivity index is 4.16. The van der Waals surface area contributed by atoms with Crippen LogP contribution in [0.1, 0.15) is 0 Å². The van der Waals surface area contributed by atoms with Gasteiger partial charge in [0.2, 0.25) is 0 Å². The molecule has 0 saturated heterocycles. The summed E-state index contributed by atoms with van der Waals surface area (Å²) < 4.78 is 3.92. The third kappa shape index (κ3) is 4.36. The van der Waals surface area contributed by atoms with Gasteiger partial charge in [-0.05, 0) is 0 Å². The van der Waals surface area contributed by atoms with Gasteiger partial charge in [-0.2, -0.15) is 0 Å². The molecular weight excluding hydrogens is 219 g/mol. The molecule has 0 aliphatic rings. The maximum atomic E-state index is 10.6. The maximum Gasteiger partial charge on any atom is 0.329 e. The van der Waals surface area contributed by atoms with E-state index in [-0.39, 0.29) is 0 Å². The molecule has 0 heterocycles. The molecular formula is C5H11O8P. The second-order valence-electron chi connectivity index (χ2n) is 2.31. The summed E-state index contributed by atoms with van der Waals surface area (Å²) in [4.78, 5) is 27.1. The number of ketones is 1. The standard InChI is InChI=1S/C5H11O8P/c6-1-2(7)3(8)4(9)5(10)13-14(11)12/h3-6,8-12H,1H2/t3-,4-,5?/m1/s1. The van der Waals surface area contributed by atoms with Gasteiger partial charge in [-0.3, -0.25) is 9.32 Å². The van der Waals surface area contributed by atoms with E-state index >= 15 is 0 Å². The highest BCUT2D eigenvalue weighted by Gasteiger charge is 2.31. The van der Waals surface area contributed by atoms with Crippen molar-refractivity contribution in [2.24, 2.45) is 0 Å². The van der Waals surface area contributed by atoms with Gasteiger partial charge in [0.1, 0.15) is 18.8 Å². The Morgan fingerprint density at radius 1 is 1.29 bits per heavy atom. The average molecular weight is 230 g/mol. The van der Waals surface area contributed by atoms with E-state index in [1.165, 1.54) is 0 Å². The lowest BCUT2D eigenvalue weighted by molar-refractivity contribution is -0.163. The molecule has 0 aromatic rings. The number of hydrogen-bond acceptors (Lipinski definition) is 8. The van der Waals surface area contributed by atoms with E-state index in [0.717, 1.165) is 0 Å². The lowest BCUT2D eigenvalue weighted by Crippen LogP contribution is -2.43. The number of aliphatic hydroxyl groups is 4. The van der Waals surface area contributed by atoms with Gasteiger partial charge >= 0.3 is 8.60 Å². The van der Waals surface area contributed by atoms with Crippen LogP contribution in [0, 0.1) is 0 Å². The van der Waals surface area contributed by atoms with Crippen molar-refractivity contribution in [3.8, 4) is 0 Å². The van der Waals surface area contributed by atoms with Gasteiger partial charge in [0, 0.05) is 0 Å². The smallest absolute Gasteiger partial charge is 0.329 e. The molecule has 0 aliphatic carbocycles. The van der Waals surface area contributed by atoms with Crippen LogP contribution in [0.3, 0.4) is 0 Å². The first-order valence-electron chi connectivity index (χ1n) is 3.42. The van der Waals surface area contributed by atoms with Crippen LogP contribution in [0.4, 0.5) is 0 Å². The molecule has 0 amide bonds. The Morgan fingerprint density at radius 2 is 1.79 bits per heavy atom. The number of hydrogen-bond donors (Lipinski definition) is 6. The van der Waals surface area contributed by atoms with Gasteiger partial charge in [0.05, 0.1) is 0 Å². The molecule has 84 valence electrons. The van der Waals surface area contributed by atoms with Crippen LogP contribution in [-0.2, 0) is 9.32 Å². The predicted molar refractivity (Wildman–Crippen MR) is 42.6 cm³/mol. The molecule has 0 saturated carbocycles. The highest BCUT2D eigenvalue weighted by atomic mass is 31.2. The van der Waals surface area contributed by atoms with Crippen LogP contribution in [-0.4, -0.2) is 61.1 Å². The molecule has 0 fully saturated rings. The molecule has 0 radical (unpaired) electrons. The van der Waals surface area contributed by atoms with Crippen molar-refractivity contribution in [1.82, 2.24) is 0 Å². The van der Waals surface area contributed by atoms with Crippen molar-refractivity contribution >= 4 is 14.4 Å². The lowest BCUT2D eigenvalue weighted by atomic mass is 10.1. The summed E-state index contributed by atoms with van der Waals surface area (Å²) in [6, 6.07) is 0. The van der Waals surface area contributed by atoms with Crippen LogP contribution in [0.15, 0.2) is 0 Å². The minimum atomic E-state index is -2.92. The quantitative estimate of drug-likeness (QED) is 0.206. The molecule has 6 N–H and O–H groups in total. The van der Waals surface area contributed by atoms with Crippen LogP contribution in [0.5, 0.6) is 0 Å². The molecule has 0 aromatic heterocycles. The van der Waals surface area contributed by atoms with E-state index < -0.39 is 39.5 Å². The fourth-order valence-corrected chi connectivity index (χ4v) is 0.917. The van der Waals surface area contributed by atoms with Crippen molar-refractivity contribution in [2.45, 2.75) is 18.5 Å². The van der Waals surface area contributed by atoms with Crippen molar-refractivity contribution in [3.05, 3.63) is 0 Å². The molecule has 9 heteroatoms. The second-order valence-corrected chi connectivity index (χ2v) is 3.02. The van der Waals surface area contributed by atoms with Crippen molar-refractivity contribution < 1.29 is 39.5 Å². The van der Waals surface area contributed by atoms with Crippen molar-refractivity contribution in [1.29, 1.82) is 0 Å². The third-order valence-corrected chi connectivity index (χ3v) is 1.71. The summed E-state index contributed by atoms with van der Waals surface area (Å²) in [5, 5.41) is 35.0. The summed E-state index contributed by atoms with van der Waals surface area (Å²) in [6.45, 7) is -1.02. The van der Waals surface area contributed by atoms with Crippen molar-refractivity contribution in [3.63, 3.8) is 0 Å². The van der Waals surface area contributed by atoms with E-state index in [2.05, 4.69) is 4.52 Å². The first-order valence-corrected chi connectivity index (χ1v) is 4.59. The average Bonchev–Trinajstić information content (AvgIpc) is 2.13. The zero-order valence-corrected chi connectivity index (χ0v) is 7.78.